The van der Waals surface area contributed by atoms with E-state index in [0.717, 1.165) is 37.2 Å². The first-order valence-electron chi connectivity index (χ1n) is 10.3. The van der Waals surface area contributed by atoms with Gasteiger partial charge in [0.25, 0.3) is 5.56 Å². The molecule has 1 aliphatic rings. The lowest BCUT2D eigenvalue weighted by molar-refractivity contribution is 0.154. The van der Waals surface area contributed by atoms with Crippen molar-refractivity contribution in [2.24, 2.45) is 5.92 Å². The zero-order valence-electron chi connectivity index (χ0n) is 17.9. The molecular weight excluding hydrogens is 384 g/mol. The topological polar surface area (TPSA) is 54.7 Å². The first-order chi connectivity index (χ1) is 14.0. The summed E-state index contributed by atoms with van der Waals surface area (Å²) in [6, 6.07) is 9.82. The second-order valence-corrected chi connectivity index (χ2v) is 8.81. The molecule has 0 aliphatic carbocycles. The van der Waals surface area contributed by atoms with E-state index in [-0.39, 0.29) is 17.4 Å². The molecule has 0 radical (unpaired) electrons. The number of nitrogens with zero attached hydrogens (tertiary/aromatic N) is 2. The van der Waals surface area contributed by atoms with E-state index in [0.29, 0.717) is 24.6 Å². The molecule has 0 saturated carbocycles. The maximum Gasteiger partial charge on any atom is 0.259 e. The Morgan fingerprint density at radius 2 is 1.90 bits per heavy atom. The van der Waals surface area contributed by atoms with Crippen LogP contribution in [0, 0.1) is 12.8 Å². The molecule has 1 N–H and O–H groups in total. The van der Waals surface area contributed by atoms with Gasteiger partial charge in [-0.25, -0.2) is 0 Å². The molecule has 5 nitrogen and oxygen atoms in total. The van der Waals surface area contributed by atoms with Crippen LogP contribution in [0.3, 0.4) is 0 Å². The highest BCUT2D eigenvalue weighted by Crippen LogP contribution is 2.35. The van der Waals surface area contributed by atoms with E-state index < -0.39 is 0 Å². The Bertz CT molecular complexity index is 871. The van der Waals surface area contributed by atoms with Crippen molar-refractivity contribution < 1.29 is 9.84 Å². The van der Waals surface area contributed by atoms with E-state index in [1.54, 1.807) is 29.5 Å². The SMILES string of the molecule is COCCn1c(C)cc(O)c(C(c2ccc(SC)cc2)N2CCC(C)CC2)c1=O. The molecule has 1 atom stereocenters. The summed E-state index contributed by atoms with van der Waals surface area (Å²) in [5.41, 5.74) is 2.14. The van der Waals surface area contributed by atoms with Crippen LogP contribution in [0.4, 0.5) is 0 Å². The average Bonchev–Trinajstić information content (AvgIpc) is 2.72. The fourth-order valence-electron chi connectivity index (χ4n) is 4.12. The average molecular weight is 417 g/mol. The number of aromatic hydroxyl groups is 1. The van der Waals surface area contributed by atoms with Gasteiger partial charge in [0.05, 0.1) is 18.2 Å². The van der Waals surface area contributed by atoms with Crippen molar-refractivity contribution in [1.29, 1.82) is 0 Å². The van der Waals surface area contributed by atoms with E-state index in [1.165, 1.54) is 4.90 Å². The summed E-state index contributed by atoms with van der Waals surface area (Å²) < 4.78 is 6.91. The summed E-state index contributed by atoms with van der Waals surface area (Å²) in [5, 5.41) is 10.9. The molecule has 1 aromatic heterocycles. The molecule has 1 unspecified atom stereocenters. The minimum atomic E-state index is -0.250. The van der Waals surface area contributed by atoms with Crippen LogP contribution in [0.1, 0.15) is 42.6 Å². The number of methoxy groups -OCH3 is 1. The number of rotatable bonds is 7. The number of aryl methyl sites for hydroxylation is 1. The predicted octanol–water partition coefficient (Wildman–Crippen LogP) is 4.05. The Balaban J connectivity index is 2.11. The Hall–Kier alpha value is -1.76. The fraction of sp³-hybridized carbons (Fsp3) is 0.522. The maximum atomic E-state index is 13.5. The molecule has 1 aliphatic heterocycles. The standard InChI is InChI=1S/C23H32N2O3S/c1-16-9-11-24(12-10-16)22(18-5-7-19(29-4)8-6-18)21-20(26)15-17(2)25(23(21)27)13-14-28-3/h5-8,15-16,22,26H,9-14H2,1-4H3. The Morgan fingerprint density at radius 3 is 2.48 bits per heavy atom. The van der Waals surface area contributed by atoms with Crippen LogP contribution in [-0.2, 0) is 11.3 Å². The van der Waals surface area contributed by atoms with Crippen LogP contribution >= 0.6 is 11.8 Å². The van der Waals surface area contributed by atoms with Gasteiger partial charge in [0, 0.05) is 24.2 Å². The second-order valence-electron chi connectivity index (χ2n) is 7.93. The zero-order chi connectivity index (χ0) is 21.0. The Morgan fingerprint density at radius 1 is 1.24 bits per heavy atom. The number of hydrogen-bond acceptors (Lipinski definition) is 5. The highest BCUT2D eigenvalue weighted by Gasteiger charge is 2.31. The van der Waals surface area contributed by atoms with Gasteiger partial charge in [0.15, 0.2) is 0 Å². The van der Waals surface area contributed by atoms with Gasteiger partial charge < -0.3 is 14.4 Å². The van der Waals surface area contributed by atoms with E-state index in [1.807, 2.05) is 6.92 Å². The third-order valence-corrected chi connectivity index (χ3v) is 6.67. The Kier molecular flexibility index (Phi) is 7.44. The van der Waals surface area contributed by atoms with E-state index in [9.17, 15) is 9.90 Å². The van der Waals surface area contributed by atoms with Crippen molar-refractivity contribution in [2.75, 3.05) is 33.1 Å². The van der Waals surface area contributed by atoms with Crippen LogP contribution in [-0.4, -0.2) is 47.6 Å². The summed E-state index contributed by atoms with van der Waals surface area (Å²) in [7, 11) is 1.63. The number of ether oxygens (including phenoxy) is 1. The summed E-state index contributed by atoms with van der Waals surface area (Å²) in [6.45, 7) is 6.90. The van der Waals surface area contributed by atoms with Crippen LogP contribution < -0.4 is 5.56 Å². The minimum Gasteiger partial charge on any atom is -0.507 e. The van der Waals surface area contributed by atoms with Crippen LogP contribution in [0.25, 0.3) is 0 Å². The van der Waals surface area contributed by atoms with E-state index >= 15 is 0 Å². The summed E-state index contributed by atoms with van der Waals surface area (Å²) in [5.74, 6) is 0.773. The number of aromatic nitrogens is 1. The largest absolute Gasteiger partial charge is 0.507 e. The smallest absolute Gasteiger partial charge is 0.259 e. The van der Waals surface area contributed by atoms with Gasteiger partial charge in [-0.2, -0.15) is 0 Å². The monoisotopic (exact) mass is 416 g/mol. The van der Waals surface area contributed by atoms with Gasteiger partial charge in [-0.15, -0.1) is 11.8 Å². The van der Waals surface area contributed by atoms with Crippen LogP contribution in [0.2, 0.25) is 0 Å². The van der Waals surface area contributed by atoms with Crippen molar-refractivity contribution in [2.45, 2.75) is 44.2 Å². The van der Waals surface area contributed by atoms with Gasteiger partial charge in [0.2, 0.25) is 0 Å². The number of benzene rings is 1. The lowest BCUT2D eigenvalue weighted by Gasteiger charge is -2.37. The lowest BCUT2D eigenvalue weighted by Crippen LogP contribution is -2.40. The van der Waals surface area contributed by atoms with Crippen molar-refractivity contribution in [3.8, 4) is 5.75 Å². The molecule has 1 fully saturated rings. The molecule has 3 rings (SSSR count). The van der Waals surface area contributed by atoms with Crippen LogP contribution in [0.5, 0.6) is 5.75 Å². The molecule has 2 aromatic rings. The van der Waals surface area contributed by atoms with Gasteiger partial charge in [0.1, 0.15) is 5.75 Å². The highest BCUT2D eigenvalue weighted by molar-refractivity contribution is 7.98. The van der Waals surface area contributed by atoms with Crippen molar-refractivity contribution >= 4 is 11.8 Å². The van der Waals surface area contributed by atoms with Crippen molar-refractivity contribution in [1.82, 2.24) is 9.47 Å². The molecule has 2 heterocycles. The van der Waals surface area contributed by atoms with E-state index in [4.69, 9.17) is 4.74 Å². The number of piperidine rings is 1. The van der Waals surface area contributed by atoms with Gasteiger partial charge >= 0.3 is 0 Å². The maximum absolute atomic E-state index is 13.5. The molecule has 0 amide bonds. The van der Waals surface area contributed by atoms with Crippen LogP contribution in [0.15, 0.2) is 40.0 Å². The molecule has 158 valence electrons. The molecule has 29 heavy (non-hydrogen) atoms. The van der Waals surface area contributed by atoms with Gasteiger partial charge in [-0.05, 0) is 68.8 Å². The molecule has 1 saturated heterocycles. The minimum absolute atomic E-state index is 0.0822. The molecule has 6 heteroatoms. The number of pyridine rings is 1. The summed E-state index contributed by atoms with van der Waals surface area (Å²) in [6.07, 6.45) is 4.26. The lowest BCUT2D eigenvalue weighted by atomic mass is 9.92. The first-order valence-corrected chi connectivity index (χ1v) is 11.5. The number of likely N-dealkylation sites (tertiary alicyclic amines) is 1. The number of hydrogen-bond donors (Lipinski definition) is 1. The quantitative estimate of drug-likeness (QED) is 0.690. The second kappa shape index (κ2) is 9.83. The van der Waals surface area contributed by atoms with Crippen molar-refractivity contribution in [3.05, 3.63) is 57.5 Å². The third kappa shape index (κ3) is 4.87. The fourth-order valence-corrected chi connectivity index (χ4v) is 4.53. The first kappa shape index (κ1) is 21.9. The molecule has 1 aromatic carbocycles. The number of thioether (sulfide) groups is 1. The Labute approximate surface area is 177 Å². The van der Waals surface area contributed by atoms with Gasteiger partial charge in [-0.1, -0.05) is 19.1 Å². The molecular formula is C23H32N2O3S. The normalized spacial score (nSPS) is 16.8. The van der Waals surface area contributed by atoms with Gasteiger partial charge in [-0.3, -0.25) is 9.69 Å². The highest BCUT2D eigenvalue weighted by atomic mass is 32.2. The summed E-state index contributed by atoms with van der Waals surface area (Å²) in [4.78, 5) is 17.0. The third-order valence-electron chi connectivity index (χ3n) is 5.93. The molecule has 0 spiro atoms. The van der Waals surface area contributed by atoms with E-state index in [2.05, 4.69) is 42.3 Å². The zero-order valence-corrected chi connectivity index (χ0v) is 18.7. The summed E-state index contributed by atoms with van der Waals surface area (Å²) >= 11 is 1.70. The van der Waals surface area contributed by atoms with Crippen molar-refractivity contribution in [3.63, 3.8) is 0 Å². The molecule has 0 bridgehead atoms. The predicted molar refractivity (Wildman–Crippen MR) is 119 cm³/mol.